The highest BCUT2D eigenvalue weighted by Crippen LogP contribution is 2.24. The van der Waals surface area contributed by atoms with E-state index < -0.39 is 0 Å². The lowest BCUT2D eigenvalue weighted by atomic mass is 10.1. The molecular formula is C18H17N3. The predicted molar refractivity (Wildman–Crippen MR) is 88.2 cm³/mol. The van der Waals surface area contributed by atoms with E-state index in [1.165, 1.54) is 5.56 Å². The van der Waals surface area contributed by atoms with Crippen LogP contribution in [-0.2, 0) is 0 Å². The molecule has 0 radical (unpaired) electrons. The van der Waals surface area contributed by atoms with E-state index in [4.69, 9.17) is 0 Å². The van der Waals surface area contributed by atoms with Crippen molar-refractivity contribution >= 4 is 22.7 Å². The van der Waals surface area contributed by atoms with Crippen LogP contribution in [0.25, 0.3) is 17.0 Å². The summed E-state index contributed by atoms with van der Waals surface area (Å²) in [6.45, 7) is 2.86. The highest BCUT2D eigenvalue weighted by molar-refractivity contribution is 5.93. The Balaban J connectivity index is 1.74. The molecule has 1 aromatic carbocycles. The lowest BCUT2D eigenvalue weighted by Crippen LogP contribution is -1.99. The van der Waals surface area contributed by atoms with Gasteiger partial charge in [-0.2, -0.15) is 0 Å². The van der Waals surface area contributed by atoms with Gasteiger partial charge in [0.1, 0.15) is 0 Å². The second-order valence-electron chi connectivity index (χ2n) is 4.89. The van der Waals surface area contributed by atoms with Crippen LogP contribution in [0.5, 0.6) is 0 Å². The number of nitrogens with one attached hydrogen (secondary N) is 1. The van der Waals surface area contributed by atoms with Crippen LogP contribution in [0.2, 0.25) is 0 Å². The molecule has 3 rings (SSSR count). The summed E-state index contributed by atoms with van der Waals surface area (Å²) in [5, 5.41) is 4.60. The molecule has 0 aliphatic heterocycles. The Hall–Kier alpha value is -2.68. The van der Waals surface area contributed by atoms with E-state index in [1.54, 1.807) is 12.4 Å². The predicted octanol–water partition coefficient (Wildman–Crippen LogP) is 4.06. The first-order valence-corrected chi connectivity index (χ1v) is 6.99. The molecule has 0 aliphatic rings. The van der Waals surface area contributed by atoms with E-state index in [2.05, 4.69) is 52.6 Å². The van der Waals surface area contributed by atoms with Crippen molar-refractivity contribution in [1.29, 1.82) is 0 Å². The Morgan fingerprint density at radius 3 is 2.76 bits per heavy atom. The average Bonchev–Trinajstić information content (AvgIpc) is 2.55. The van der Waals surface area contributed by atoms with Crippen molar-refractivity contribution in [3.8, 4) is 0 Å². The molecule has 3 aromatic rings. The van der Waals surface area contributed by atoms with Crippen LogP contribution in [0.15, 0.2) is 61.1 Å². The third-order valence-electron chi connectivity index (χ3n) is 3.40. The number of anilines is 1. The largest absolute Gasteiger partial charge is 0.381 e. The van der Waals surface area contributed by atoms with Crippen molar-refractivity contribution in [3.63, 3.8) is 0 Å². The van der Waals surface area contributed by atoms with Crippen LogP contribution in [0.3, 0.4) is 0 Å². The van der Waals surface area contributed by atoms with Crippen molar-refractivity contribution in [3.05, 3.63) is 72.2 Å². The number of pyridine rings is 2. The van der Waals surface area contributed by atoms with Gasteiger partial charge in [-0.1, -0.05) is 18.2 Å². The van der Waals surface area contributed by atoms with E-state index in [9.17, 15) is 0 Å². The van der Waals surface area contributed by atoms with E-state index >= 15 is 0 Å². The van der Waals surface area contributed by atoms with E-state index in [0.29, 0.717) is 0 Å². The molecule has 104 valence electrons. The molecule has 0 unspecified atom stereocenters. The molecular weight excluding hydrogens is 258 g/mol. The smallest absolute Gasteiger partial charge is 0.0751 e. The molecule has 0 spiro atoms. The molecule has 0 atom stereocenters. The maximum atomic E-state index is 4.45. The number of rotatable bonds is 4. The van der Waals surface area contributed by atoms with Crippen LogP contribution in [0, 0.1) is 6.92 Å². The monoisotopic (exact) mass is 275 g/mol. The third-order valence-corrected chi connectivity index (χ3v) is 3.40. The SMILES string of the molecule is Cc1ccc(NC/C=C/c2ccncc2)c2cccnc12. The number of aryl methyl sites for hydroxylation is 1. The summed E-state index contributed by atoms with van der Waals surface area (Å²) in [6, 6.07) is 12.3. The Bertz CT molecular complexity index is 764. The van der Waals surface area contributed by atoms with Gasteiger partial charge < -0.3 is 5.32 Å². The van der Waals surface area contributed by atoms with Crippen LogP contribution in [0.1, 0.15) is 11.1 Å². The number of hydrogen-bond donors (Lipinski definition) is 1. The first-order valence-electron chi connectivity index (χ1n) is 6.99. The second-order valence-corrected chi connectivity index (χ2v) is 4.89. The number of fused-ring (bicyclic) bond motifs is 1. The zero-order chi connectivity index (χ0) is 14.5. The van der Waals surface area contributed by atoms with E-state index in [-0.39, 0.29) is 0 Å². The zero-order valence-corrected chi connectivity index (χ0v) is 12.0. The molecule has 3 heteroatoms. The maximum absolute atomic E-state index is 4.45. The molecule has 0 aliphatic carbocycles. The first kappa shape index (κ1) is 13.3. The minimum Gasteiger partial charge on any atom is -0.381 e. The van der Waals surface area contributed by atoms with Gasteiger partial charge in [-0.25, -0.2) is 0 Å². The van der Waals surface area contributed by atoms with Gasteiger partial charge in [0.25, 0.3) is 0 Å². The molecule has 0 fully saturated rings. The van der Waals surface area contributed by atoms with Crippen molar-refractivity contribution in [2.24, 2.45) is 0 Å². The quantitative estimate of drug-likeness (QED) is 0.780. The molecule has 1 N–H and O–H groups in total. The third kappa shape index (κ3) is 3.08. The Labute approximate surface area is 124 Å². The molecule has 3 nitrogen and oxygen atoms in total. The maximum Gasteiger partial charge on any atom is 0.0751 e. The first-order chi connectivity index (χ1) is 10.3. The fraction of sp³-hybridized carbons (Fsp3) is 0.111. The molecule has 0 saturated heterocycles. The van der Waals surface area contributed by atoms with Gasteiger partial charge in [0.05, 0.1) is 5.52 Å². The Kier molecular flexibility index (Phi) is 3.92. The lowest BCUT2D eigenvalue weighted by Gasteiger charge is -2.09. The molecule has 2 aromatic heterocycles. The fourth-order valence-electron chi connectivity index (χ4n) is 2.31. The number of nitrogens with zero attached hydrogens (tertiary/aromatic N) is 2. The Morgan fingerprint density at radius 1 is 1.05 bits per heavy atom. The standard InChI is InChI=1S/C18H17N3/c1-14-6-7-17(16-5-3-11-21-18(14)16)20-10-2-4-15-8-12-19-13-9-15/h2-9,11-13,20H,10H2,1H3/b4-2+. The Morgan fingerprint density at radius 2 is 1.90 bits per heavy atom. The summed E-state index contributed by atoms with van der Waals surface area (Å²) in [4.78, 5) is 8.46. The fourth-order valence-corrected chi connectivity index (χ4v) is 2.31. The van der Waals surface area contributed by atoms with Gasteiger partial charge in [-0.05, 0) is 48.4 Å². The van der Waals surface area contributed by atoms with E-state index in [0.717, 1.165) is 28.7 Å². The van der Waals surface area contributed by atoms with Crippen LogP contribution >= 0.6 is 0 Å². The van der Waals surface area contributed by atoms with Crippen molar-refractivity contribution in [2.75, 3.05) is 11.9 Å². The second kappa shape index (κ2) is 6.18. The van der Waals surface area contributed by atoms with Crippen molar-refractivity contribution < 1.29 is 0 Å². The summed E-state index contributed by atoms with van der Waals surface area (Å²) >= 11 is 0. The van der Waals surface area contributed by atoms with Gasteiger partial charge in [-0.15, -0.1) is 0 Å². The highest BCUT2D eigenvalue weighted by Gasteiger charge is 2.02. The molecule has 0 bridgehead atoms. The number of benzene rings is 1. The highest BCUT2D eigenvalue weighted by atomic mass is 14.9. The summed E-state index contributed by atoms with van der Waals surface area (Å²) in [5.41, 5.74) is 4.52. The topological polar surface area (TPSA) is 37.8 Å². The van der Waals surface area contributed by atoms with Crippen molar-refractivity contribution in [2.45, 2.75) is 6.92 Å². The minimum absolute atomic E-state index is 0.773. The molecule has 0 saturated carbocycles. The summed E-state index contributed by atoms with van der Waals surface area (Å²) < 4.78 is 0. The summed E-state index contributed by atoms with van der Waals surface area (Å²) in [6.07, 6.45) is 9.63. The van der Waals surface area contributed by atoms with Crippen LogP contribution < -0.4 is 5.32 Å². The molecule has 21 heavy (non-hydrogen) atoms. The van der Waals surface area contributed by atoms with Crippen LogP contribution in [-0.4, -0.2) is 16.5 Å². The summed E-state index contributed by atoms with van der Waals surface area (Å²) in [7, 11) is 0. The van der Waals surface area contributed by atoms with Gasteiger partial charge in [0.2, 0.25) is 0 Å². The van der Waals surface area contributed by atoms with Gasteiger partial charge >= 0.3 is 0 Å². The van der Waals surface area contributed by atoms with Gasteiger partial charge in [0, 0.05) is 36.2 Å². The lowest BCUT2D eigenvalue weighted by molar-refractivity contribution is 1.31. The number of hydrogen-bond acceptors (Lipinski definition) is 3. The minimum atomic E-state index is 0.773. The zero-order valence-electron chi connectivity index (χ0n) is 12.0. The summed E-state index contributed by atoms with van der Waals surface area (Å²) in [5.74, 6) is 0. The van der Waals surface area contributed by atoms with Gasteiger partial charge in [-0.3, -0.25) is 9.97 Å². The number of aromatic nitrogens is 2. The normalized spacial score (nSPS) is 11.1. The molecule has 0 amide bonds. The van der Waals surface area contributed by atoms with Crippen molar-refractivity contribution in [1.82, 2.24) is 9.97 Å². The van der Waals surface area contributed by atoms with Crippen LogP contribution in [0.4, 0.5) is 5.69 Å². The van der Waals surface area contributed by atoms with Gasteiger partial charge in [0.15, 0.2) is 0 Å². The van der Waals surface area contributed by atoms with E-state index in [1.807, 2.05) is 24.4 Å². The average molecular weight is 275 g/mol. The molecule has 2 heterocycles.